The number of hydrogen-bond donors (Lipinski definition) is 3. The van der Waals surface area contributed by atoms with E-state index in [-0.39, 0.29) is 5.75 Å². The molecule has 0 radical (unpaired) electrons. The van der Waals surface area contributed by atoms with Crippen molar-refractivity contribution in [1.29, 1.82) is 0 Å². The van der Waals surface area contributed by atoms with Gasteiger partial charge >= 0.3 is 0 Å². The van der Waals surface area contributed by atoms with Crippen molar-refractivity contribution in [2.45, 2.75) is 6.92 Å². The van der Waals surface area contributed by atoms with E-state index in [4.69, 9.17) is 4.28 Å². The minimum absolute atomic E-state index is 0.171. The molecular weight excluding hydrogens is 322 g/mol. The summed E-state index contributed by atoms with van der Waals surface area (Å²) in [5.41, 5.74) is 5.24. The van der Waals surface area contributed by atoms with Gasteiger partial charge in [-0.15, -0.1) is 0 Å². The highest BCUT2D eigenvalue weighted by atomic mass is 32.2. The first kappa shape index (κ1) is 16.2. The number of hydrogen-bond acceptors (Lipinski definition) is 6. The summed E-state index contributed by atoms with van der Waals surface area (Å²) in [5, 5.41) is 15.9. The summed E-state index contributed by atoms with van der Waals surface area (Å²) in [4.78, 5) is 0. The van der Waals surface area contributed by atoms with Gasteiger partial charge in [0.15, 0.2) is 0 Å². The number of aryl methyl sites for hydroxylation is 1. The van der Waals surface area contributed by atoms with E-state index >= 15 is 0 Å². The van der Waals surface area contributed by atoms with E-state index < -0.39 is 0 Å². The Morgan fingerprint density at radius 1 is 1.04 bits per heavy atom. The van der Waals surface area contributed by atoms with E-state index in [0.717, 1.165) is 28.7 Å². The van der Waals surface area contributed by atoms with Gasteiger partial charge < -0.3 is 9.83 Å². The monoisotopic (exact) mass is 339 g/mol. The second-order valence-corrected chi connectivity index (χ2v) is 5.74. The van der Waals surface area contributed by atoms with Crippen LogP contribution in [-0.4, -0.2) is 11.3 Å². The van der Waals surface area contributed by atoms with Crippen LogP contribution in [0.5, 0.6) is 5.75 Å². The lowest BCUT2D eigenvalue weighted by molar-refractivity contribution is 0.248. The van der Waals surface area contributed by atoms with Crippen LogP contribution in [-0.2, 0) is 4.28 Å². The lowest BCUT2D eigenvalue weighted by Crippen LogP contribution is -2.03. The summed E-state index contributed by atoms with van der Waals surface area (Å²) >= 11 is 1.02. The molecule has 3 aromatic rings. The van der Waals surface area contributed by atoms with Gasteiger partial charge in [0, 0.05) is 11.3 Å². The zero-order valence-electron chi connectivity index (χ0n) is 13.1. The third kappa shape index (κ3) is 3.98. The van der Waals surface area contributed by atoms with Crippen molar-refractivity contribution in [3.05, 3.63) is 71.8 Å². The zero-order chi connectivity index (χ0) is 16.8. The van der Waals surface area contributed by atoms with E-state index in [1.807, 2.05) is 61.5 Å². The molecule has 0 heterocycles. The van der Waals surface area contributed by atoms with Crippen LogP contribution in [0.15, 0.2) is 65.8 Å². The van der Waals surface area contributed by atoms with Crippen molar-refractivity contribution in [3.63, 3.8) is 0 Å². The van der Waals surface area contributed by atoms with Crippen molar-refractivity contribution in [1.82, 2.24) is 5.59 Å². The zero-order valence-corrected chi connectivity index (χ0v) is 13.9. The van der Waals surface area contributed by atoms with Crippen LogP contribution in [0, 0.1) is 6.92 Å². The molecule has 0 aliphatic rings. The van der Waals surface area contributed by atoms with Gasteiger partial charge in [0.2, 0.25) is 0 Å². The predicted octanol–water partition coefficient (Wildman–Crippen LogP) is 4.38. The average Bonchev–Trinajstić information content (AvgIpc) is 2.61. The first-order valence-electron chi connectivity index (χ1n) is 7.38. The molecular formula is C18H17N3O2S. The van der Waals surface area contributed by atoms with Gasteiger partial charge in [-0.2, -0.15) is 15.0 Å². The minimum atomic E-state index is 0.171. The molecule has 0 atom stereocenters. The third-order valence-electron chi connectivity index (χ3n) is 3.48. The molecule has 0 saturated heterocycles. The second-order valence-electron chi connectivity index (χ2n) is 5.20. The van der Waals surface area contributed by atoms with E-state index in [1.165, 1.54) is 11.8 Å². The van der Waals surface area contributed by atoms with Crippen LogP contribution in [0.4, 0.5) is 5.69 Å². The molecule has 0 saturated carbocycles. The predicted molar refractivity (Wildman–Crippen MR) is 99.8 cm³/mol. The summed E-state index contributed by atoms with van der Waals surface area (Å²) in [6.45, 7) is 2.03. The maximum Gasteiger partial charge on any atom is 0.142 e. The number of benzene rings is 3. The molecule has 122 valence electrons. The number of phenols is 1. The molecule has 24 heavy (non-hydrogen) atoms. The smallest absolute Gasteiger partial charge is 0.142 e. The fourth-order valence-corrected chi connectivity index (χ4v) is 2.60. The van der Waals surface area contributed by atoms with E-state index in [9.17, 15) is 5.11 Å². The molecule has 0 unspecified atom stereocenters. The molecule has 6 heteroatoms. The van der Waals surface area contributed by atoms with Crippen LogP contribution < -0.4 is 10.3 Å². The van der Waals surface area contributed by atoms with E-state index in [1.54, 1.807) is 6.07 Å². The summed E-state index contributed by atoms with van der Waals surface area (Å²) in [6, 6.07) is 19.3. The maximum absolute atomic E-state index is 10.0. The number of fused-ring (bicyclic) bond motifs is 1. The Morgan fingerprint density at radius 3 is 2.67 bits per heavy atom. The van der Waals surface area contributed by atoms with Crippen LogP contribution in [0.1, 0.15) is 11.1 Å². The van der Waals surface area contributed by atoms with Crippen LogP contribution in [0.3, 0.4) is 0 Å². The van der Waals surface area contributed by atoms with Crippen LogP contribution >= 0.6 is 12.2 Å². The first-order chi connectivity index (χ1) is 11.7. The molecule has 3 rings (SSSR count). The van der Waals surface area contributed by atoms with Crippen molar-refractivity contribution >= 4 is 34.9 Å². The number of nitrogens with one attached hydrogen (secondary N) is 2. The molecule has 3 aromatic carbocycles. The molecule has 0 amide bonds. The highest BCUT2D eigenvalue weighted by Gasteiger charge is 2.03. The highest BCUT2D eigenvalue weighted by molar-refractivity contribution is 7.95. The quantitative estimate of drug-likeness (QED) is 0.204. The lowest BCUT2D eigenvalue weighted by atomic mass is 10.0. The third-order valence-corrected chi connectivity index (χ3v) is 3.96. The summed E-state index contributed by atoms with van der Waals surface area (Å²) in [5.74, 6) is 0.171. The van der Waals surface area contributed by atoms with Gasteiger partial charge in [-0.3, -0.25) is 0 Å². The normalized spacial score (nSPS) is 11.0. The summed E-state index contributed by atoms with van der Waals surface area (Å²) < 4.78 is 8.14. The summed E-state index contributed by atoms with van der Waals surface area (Å²) in [6.07, 6.45) is 1.53. The average molecular weight is 339 g/mol. The van der Waals surface area contributed by atoms with Crippen molar-refractivity contribution < 1.29 is 9.39 Å². The Bertz CT molecular complexity index is 851. The lowest BCUT2D eigenvalue weighted by Gasteiger charge is -2.05. The Morgan fingerprint density at radius 2 is 1.83 bits per heavy atom. The number of hydrazone groups is 1. The van der Waals surface area contributed by atoms with Crippen molar-refractivity contribution in [2.24, 2.45) is 5.10 Å². The van der Waals surface area contributed by atoms with Crippen LogP contribution in [0.25, 0.3) is 10.8 Å². The van der Waals surface area contributed by atoms with Gasteiger partial charge in [-0.1, -0.05) is 48.0 Å². The fourth-order valence-electron chi connectivity index (χ4n) is 2.24. The number of aromatic hydroxyl groups is 1. The molecule has 0 aliphatic carbocycles. The molecule has 0 bridgehead atoms. The van der Waals surface area contributed by atoms with Crippen LogP contribution in [0.2, 0.25) is 0 Å². The van der Waals surface area contributed by atoms with Crippen molar-refractivity contribution in [2.75, 3.05) is 4.72 Å². The Kier molecular flexibility index (Phi) is 5.20. The number of anilines is 1. The molecule has 3 N–H and O–H groups in total. The Balaban J connectivity index is 1.55. The number of rotatable bonds is 6. The molecule has 0 spiro atoms. The first-order valence-corrected chi connectivity index (χ1v) is 8.12. The van der Waals surface area contributed by atoms with Gasteiger partial charge in [-0.25, -0.2) is 0 Å². The number of phenolic OH excluding ortho intramolecular Hbond substituents is 1. The molecule has 0 fully saturated rings. The minimum Gasteiger partial charge on any atom is -0.507 e. The van der Waals surface area contributed by atoms with Gasteiger partial charge in [0.25, 0.3) is 0 Å². The topological polar surface area (TPSA) is 65.9 Å². The Hall–Kier alpha value is -2.70. The largest absolute Gasteiger partial charge is 0.507 e. The molecule has 0 aromatic heterocycles. The second kappa shape index (κ2) is 7.72. The van der Waals surface area contributed by atoms with Gasteiger partial charge in [0.05, 0.1) is 6.21 Å². The van der Waals surface area contributed by atoms with E-state index in [0.29, 0.717) is 5.56 Å². The van der Waals surface area contributed by atoms with Gasteiger partial charge in [0.1, 0.15) is 18.0 Å². The maximum atomic E-state index is 10.0. The highest BCUT2D eigenvalue weighted by Crippen LogP contribution is 2.25. The van der Waals surface area contributed by atoms with E-state index in [2.05, 4.69) is 15.4 Å². The summed E-state index contributed by atoms with van der Waals surface area (Å²) in [7, 11) is 0. The molecule has 5 nitrogen and oxygen atoms in total. The number of nitrogens with zero attached hydrogens (tertiary/aromatic N) is 1. The SMILES string of the molecule is Cc1ccc(NSON/N=C/c2c(O)ccc3ccccc23)cc1. The van der Waals surface area contributed by atoms with Gasteiger partial charge in [-0.05, 0) is 35.9 Å². The fraction of sp³-hybridized carbons (Fsp3) is 0.0556. The Labute approximate surface area is 144 Å². The standard InChI is InChI=1S/C18H17N3O2S/c1-13-6-9-15(10-7-13)20-24-23-21-19-12-17-16-5-3-2-4-14(16)8-11-18(17)22/h2-12,20-22H,1H3/b19-12+. The molecule has 0 aliphatic heterocycles. The van der Waals surface area contributed by atoms with Crippen molar-refractivity contribution in [3.8, 4) is 5.75 Å².